The number of carbonyl (C=O) groups excluding carboxylic acids is 1. The zero-order valence-electron chi connectivity index (χ0n) is 12.0. The maximum atomic E-state index is 11.9. The van der Waals surface area contributed by atoms with E-state index >= 15 is 0 Å². The molecule has 0 aromatic heterocycles. The second-order valence-electron chi connectivity index (χ2n) is 5.66. The van der Waals surface area contributed by atoms with Gasteiger partial charge in [0.1, 0.15) is 6.10 Å². The van der Waals surface area contributed by atoms with Crippen LogP contribution in [0.2, 0.25) is 0 Å². The van der Waals surface area contributed by atoms with Gasteiger partial charge in [-0.2, -0.15) is 0 Å². The molecule has 0 heterocycles. The van der Waals surface area contributed by atoms with Crippen molar-refractivity contribution in [3.8, 4) is 0 Å². The number of hydrogen-bond donors (Lipinski definition) is 0. The van der Waals surface area contributed by atoms with Crippen molar-refractivity contribution in [2.24, 2.45) is 17.8 Å². The van der Waals surface area contributed by atoms with Gasteiger partial charge >= 0.3 is 19.0 Å². The molecule has 0 saturated heterocycles. The van der Waals surface area contributed by atoms with Crippen LogP contribution in [0.5, 0.6) is 0 Å². The normalized spacial score (nSPS) is 30.0. The van der Waals surface area contributed by atoms with E-state index in [0.717, 1.165) is 19.3 Å². The molecule has 5 unspecified atom stereocenters. The van der Waals surface area contributed by atoms with Crippen molar-refractivity contribution in [2.45, 2.75) is 52.0 Å². The van der Waals surface area contributed by atoms with Crippen LogP contribution in [0.1, 0.15) is 40.0 Å². The van der Waals surface area contributed by atoms with Gasteiger partial charge in [0.25, 0.3) is 0 Å². The molecular weight excluding hydrogens is 287 g/mol. The number of halogens is 1. The molecule has 19 heavy (non-hydrogen) atoms. The largest absolute Gasteiger partial charge is 0.499 e. The lowest BCUT2D eigenvalue weighted by Gasteiger charge is -2.36. The maximum Gasteiger partial charge on any atom is 0.499 e. The van der Waals surface area contributed by atoms with Gasteiger partial charge in [-0.1, -0.05) is 27.2 Å². The fraction of sp³-hybridized carbons (Fsp3) is 0.923. The second-order valence-corrected chi connectivity index (χ2v) is 7.67. The predicted octanol–water partition coefficient (Wildman–Crippen LogP) is 3.94. The van der Waals surface area contributed by atoms with Crippen molar-refractivity contribution in [3.05, 3.63) is 0 Å². The molecule has 5 atom stereocenters. The molecule has 0 aromatic rings. The van der Waals surface area contributed by atoms with Crippen LogP contribution in [-0.4, -0.2) is 25.0 Å². The van der Waals surface area contributed by atoms with Gasteiger partial charge in [-0.3, -0.25) is 0 Å². The summed E-state index contributed by atoms with van der Waals surface area (Å²) in [5, 5.41) is 0. The Balaban J connectivity index is 2.70. The predicted molar refractivity (Wildman–Crippen MR) is 75.5 cm³/mol. The lowest BCUT2D eigenvalue weighted by molar-refractivity contribution is -0.162. The number of methoxy groups -OCH3 is 1. The molecule has 0 aliphatic heterocycles. The molecule has 4 nitrogen and oxygen atoms in total. The zero-order valence-corrected chi connectivity index (χ0v) is 13.6. The first kappa shape index (κ1) is 16.9. The first-order chi connectivity index (χ1) is 8.86. The van der Waals surface area contributed by atoms with Crippen molar-refractivity contribution >= 4 is 24.4 Å². The Bertz CT molecular complexity index is 335. The molecule has 110 valence electrons. The average molecular weight is 310 g/mol. The first-order valence-electron chi connectivity index (χ1n) is 6.72. The molecule has 1 fully saturated rings. The Morgan fingerprint density at radius 2 is 2.00 bits per heavy atom. The summed E-state index contributed by atoms with van der Waals surface area (Å²) in [5.41, 5.74) is 0. The van der Waals surface area contributed by atoms with Crippen molar-refractivity contribution < 1.29 is 18.8 Å². The average Bonchev–Trinajstić information content (AvgIpc) is 2.28. The Kier molecular flexibility index (Phi) is 6.72. The Morgan fingerprint density at radius 1 is 1.37 bits per heavy atom. The molecule has 1 aliphatic rings. The van der Waals surface area contributed by atoms with Crippen LogP contribution in [0.3, 0.4) is 0 Å². The molecule has 0 radical (unpaired) electrons. The van der Waals surface area contributed by atoms with E-state index < -0.39 is 19.0 Å². The highest BCUT2D eigenvalue weighted by Gasteiger charge is 2.42. The topological polar surface area (TPSA) is 52.6 Å². The summed E-state index contributed by atoms with van der Waals surface area (Å²) in [7, 11) is -0.935. The minimum Gasteiger partial charge on any atom is -0.457 e. The lowest BCUT2D eigenvalue weighted by atomic mass is 9.75. The molecule has 1 saturated carbocycles. The Labute approximate surface area is 120 Å². The number of esters is 1. The smallest absolute Gasteiger partial charge is 0.457 e. The Hall–Kier alpha value is -0.180. The van der Waals surface area contributed by atoms with Crippen LogP contribution in [0.25, 0.3) is 0 Å². The van der Waals surface area contributed by atoms with E-state index in [0.29, 0.717) is 17.8 Å². The minimum atomic E-state index is -2.25. The highest BCUT2D eigenvalue weighted by Crippen LogP contribution is 2.38. The summed E-state index contributed by atoms with van der Waals surface area (Å²) in [6, 6.07) is 0. The van der Waals surface area contributed by atoms with Crippen LogP contribution in [0, 0.1) is 17.8 Å². The molecule has 0 N–H and O–H groups in total. The highest BCUT2D eigenvalue weighted by atomic mass is 35.7. The van der Waals surface area contributed by atoms with Crippen LogP contribution < -0.4 is 0 Å². The van der Waals surface area contributed by atoms with Gasteiger partial charge in [-0.15, -0.1) is 0 Å². The van der Waals surface area contributed by atoms with Gasteiger partial charge in [-0.05, 0) is 35.2 Å². The maximum absolute atomic E-state index is 11.9. The van der Waals surface area contributed by atoms with Crippen LogP contribution in [0.15, 0.2) is 0 Å². The van der Waals surface area contributed by atoms with Gasteiger partial charge in [0.2, 0.25) is 11.2 Å². The number of rotatable bonds is 5. The van der Waals surface area contributed by atoms with Crippen molar-refractivity contribution in [3.63, 3.8) is 0 Å². The number of ether oxygens (including phenoxy) is 2. The van der Waals surface area contributed by atoms with E-state index in [1.54, 1.807) is 0 Å². The van der Waals surface area contributed by atoms with Crippen LogP contribution >= 0.6 is 18.4 Å². The number of carbonyl (C=O) groups is 1. The van der Waals surface area contributed by atoms with E-state index in [1.165, 1.54) is 7.11 Å². The van der Waals surface area contributed by atoms with Crippen LogP contribution in [0.4, 0.5) is 0 Å². The summed E-state index contributed by atoms with van der Waals surface area (Å²) in [4.78, 5) is 11.9. The highest BCUT2D eigenvalue weighted by molar-refractivity contribution is 7.74. The molecule has 0 spiro atoms. The second kappa shape index (κ2) is 7.56. The fourth-order valence-corrected chi connectivity index (χ4v) is 3.59. The lowest BCUT2D eigenvalue weighted by Crippen LogP contribution is -2.38. The van der Waals surface area contributed by atoms with Gasteiger partial charge in [0.05, 0.1) is 0 Å². The summed E-state index contributed by atoms with van der Waals surface area (Å²) < 4.78 is 21.6. The van der Waals surface area contributed by atoms with Crippen molar-refractivity contribution in [1.29, 1.82) is 0 Å². The summed E-state index contributed by atoms with van der Waals surface area (Å²) in [6.45, 7) is 6.43. The third-order valence-corrected chi connectivity index (χ3v) is 5.16. The quantitative estimate of drug-likeness (QED) is 0.570. The van der Waals surface area contributed by atoms with E-state index in [4.69, 9.17) is 20.7 Å². The summed E-state index contributed by atoms with van der Waals surface area (Å²) in [5.74, 6) is -0.425. The summed E-state index contributed by atoms with van der Waals surface area (Å²) >= 11 is 5.47. The molecule has 0 amide bonds. The van der Waals surface area contributed by atoms with E-state index in [1.807, 2.05) is 0 Å². The molecule has 0 aromatic carbocycles. The van der Waals surface area contributed by atoms with Crippen molar-refractivity contribution in [1.82, 2.24) is 0 Å². The van der Waals surface area contributed by atoms with Crippen LogP contribution in [-0.2, 0) is 18.8 Å². The third-order valence-electron chi connectivity index (χ3n) is 3.84. The molecule has 1 rings (SSSR count). The Morgan fingerprint density at radius 3 is 2.47 bits per heavy atom. The van der Waals surface area contributed by atoms with E-state index in [-0.39, 0.29) is 6.10 Å². The van der Waals surface area contributed by atoms with Gasteiger partial charge < -0.3 is 9.47 Å². The zero-order chi connectivity index (χ0) is 14.6. The number of hydrogen-bond acceptors (Lipinski definition) is 4. The summed E-state index contributed by atoms with van der Waals surface area (Å²) in [6.07, 6.45) is 2.94. The molecular formula is C13H23ClO4P+. The van der Waals surface area contributed by atoms with Crippen molar-refractivity contribution in [2.75, 3.05) is 7.11 Å². The third kappa shape index (κ3) is 4.70. The molecule has 0 bridgehead atoms. The van der Waals surface area contributed by atoms with Gasteiger partial charge in [-0.25, -0.2) is 4.79 Å². The SMILES string of the molecule is COC(C(=O)OC1CC(C)CCC1C(C)C)[P+](=O)Cl. The molecule has 6 heteroatoms. The minimum absolute atomic E-state index is 0.125. The van der Waals surface area contributed by atoms with E-state index in [9.17, 15) is 9.36 Å². The fourth-order valence-electron chi connectivity index (χ4n) is 2.72. The van der Waals surface area contributed by atoms with E-state index in [2.05, 4.69) is 20.8 Å². The van der Waals surface area contributed by atoms with Gasteiger partial charge in [0, 0.05) is 7.11 Å². The monoisotopic (exact) mass is 309 g/mol. The standard InChI is InChI=1S/C13H23ClO4P/c1-8(2)10-6-5-9(3)7-11(10)18-12(15)13(17-4)19(14)16/h8-11,13H,5-7H2,1-4H3/q+1. The van der Waals surface area contributed by atoms with Gasteiger partial charge in [0.15, 0.2) is 0 Å². The molecule has 1 aliphatic carbocycles. The first-order valence-corrected chi connectivity index (χ1v) is 8.95.